The summed E-state index contributed by atoms with van der Waals surface area (Å²) in [7, 11) is 0. The van der Waals surface area contributed by atoms with E-state index in [9.17, 15) is 9.90 Å². The highest BCUT2D eigenvalue weighted by atomic mass is 16.5. The zero-order valence-electron chi connectivity index (χ0n) is 9.43. The Bertz CT molecular complexity index is 377. The maximum Gasteiger partial charge on any atom is 0.271 e. The van der Waals surface area contributed by atoms with Crippen molar-refractivity contribution in [1.82, 2.24) is 15.3 Å². The molecule has 2 N–H and O–H groups in total. The minimum Gasteiger partial charge on any atom is -0.394 e. The minimum atomic E-state index is -0.590. The van der Waals surface area contributed by atoms with Crippen molar-refractivity contribution in [1.29, 1.82) is 0 Å². The first-order valence-corrected chi connectivity index (χ1v) is 5.53. The molecule has 0 spiro atoms. The number of aliphatic hydroxyl groups is 1. The van der Waals surface area contributed by atoms with Crippen LogP contribution in [-0.2, 0) is 4.74 Å². The van der Waals surface area contributed by atoms with E-state index in [-0.39, 0.29) is 18.2 Å². The van der Waals surface area contributed by atoms with E-state index in [1.807, 2.05) is 0 Å². The molecule has 1 amide bonds. The molecule has 1 aliphatic rings. The van der Waals surface area contributed by atoms with Crippen molar-refractivity contribution in [3.8, 4) is 0 Å². The van der Waals surface area contributed by atoms with Gasteiger partial charge in [0, 0.05) is 25.6 Å². The van der Waals surface area contributed by atoms with E-state index >= 15 is 0 Å². The lowest BCUT2D eigenvalue weighted by atomic mass is 9.91. The highest BCUT2D eigenvalue weighted by Crippen LogP contribution is 2.20. The Kier molecular flexibility index (Phi) is 3.65. The molecule has 0 aromatic carbocycles. The number of aromatic nitrogens is 2. The zero-order chi connectivity index (χ0) is 12.1. The van der Waals surface area contributed by atoms with Crippen LogP contribution >= 0.6 is 0 Å². The Morgan fingerprint density at radius 2 is 2.24 bits per heavy atom. The molecule has 2 rings (SSSR count). The molecule has 0 unspecified atom stereocenters. The third-order valence-electron chi connectivity index (χ3n) is 2.93. The van der Waals surface area contributed by atoms with Crippen molar-refractivity contribution in [3.05, 3.63) is 24.3 Å². The number of carbonyl (C=O) groups excluding carboxylic acids is 1. The van der Waals surface area contributed by atoms with Crippen molar-refractivity contribution in [2.24, 2.45) is 0 Å². The average Bonchev–Trinajstić information content (AvgIpc) is 2.41. The number of hydrogen-bond acceptors (Lipinski definition) is 5. The number of aliphatic hydroxyl groups excluding tert-OH is 1. The summed E-state index contributed by atoms with van der Waals surface area (Å²) in [6.07, 6.45) is 5.59. The molecule has 17 heavy (non-hydrogen) atoms. The van der Waals surface area contributed by atoms with Gasteiger partial charge in [0.05, 0.1) is 18.3 Å². The normalized spacial score (nSPS) is 18.6. The Hall–Kier alpha value is -1.53. The Balaban J connectivity index is 2.06. The molecule has 92 valence electrons. The smallest absolute Gasteiger partial charge is 0.271 e. The predicted octanol–water partition coefficient (Wildman–Crippen LogP) is -0.252. The van der Waals surface area contributed by atoms with Gasteiger partial charge in [0.1, 0.15) is 5.69 Å². The van der Waals surface area contributed by atoms with E-state index in [4.69, 9.17) is 4.74 Å². The van der Waals surface area contributed by atoms with Gasteiger partial charge in [0.2, 0.25) is 0 Å². The van der Waals surface area contributed by atoms with Crippen LogP contribution in [0.5, 0.6) is 0 Å². The summed E-state index contributed by atoms with van der Waals surface area (Å²) < 4.78 is 5.22. The lowest BCUT2D eigenvalue weighted by Gasteiger charge is -2.36. The lowest BCUT2D eigenvalue weighted by Crippen LogP contribution is -2.54. The van der Waals surface area contributed by atoms with E-state index in [1.165, 1.54) is 18.6 Å². The molecule has 6 nitrogen and oxygen atoms in total. The van der Waals surface area contributed by atoms with Crippen LogP contribution in [0.2, 0.25) is 0 Å². The fourth-order valence-electron chi connectivity index (χ4n) is 1.81. The van der Waals surface area contributed by atoms with Gasteiger partial charge in [-0.2, -0.15) is 0 Å². The molecule has 1 aliphatic heterocycles. The van der Waals surface area contributed by atoms with Gasteiger partial charge in [-0.05, 0) is 12.8 Å². The maximum atomic E-state index is 11.9. The van der Waals surface area contributed by atoms with Gasteiger partial charge in [0.25, 0.3) is 5.91 Å². The van der Waals surface area contributed by atoms with Crippen LogP contribution in [-0.4, -0.2) is 46.3 Å². The largest absolute Gasteiger partial charge is 0.394 e. The Morgan fingerprint density at radius 3 is 2.82 bits per heavy atom. The van der Waals surface area contributed by atoms with Crippen molar-refractivity contribution < 1.29 is 14.6 Å². The van der Waals surface area contributed by atoms with Gasteiger partial charge >= 0.3 is 0 Å². The van der Waals surface area contributed by atoms with Crippen LogP contribution in [0.3, 0.4) is 0 Å². The summed E-state index contributed by atoms with van der Waals surface area (Å²) in [5.74, 6) is -0.311. The average molecular weight is 237 g/mol. The number of amides is 1. The molecule has 0 atom stereocenters. The topological polar surface area (TPSA) is 84.3 Å². The van der Waals surface area contributed by atoms with Crippen LogP contribution in [0.25, 0.3) is 0 Å². The van der Waals surface area contributed by atoms with Crippen LogP contribution < -0.4 is 5.32 Å². The molecule has 1 saturated heterocycles. The molecule has 6 heteroatoms. The highest BCUT2D eigenvalue weighted by Gasteiger charge is 2.33. The second kappa shape index (κ2) is 5.20. The fraction of sp³-hybridized carbons (Fsp3) is 0.545. The molecule has 1 aromatic rings. The standard InChI is InChI=1S/C11H15N3O3/c15-8-11(1-5-17-6-2-11)14-10(16)9-7-12-3-4-13-9/h3-4,7,15H,1-2,5-6,8H2,(H,14,16). The summed E-state index contributed by atoms with van der Waals surface area (Å²) in [6, 6.07) is 0. The SMILES string of the molecule is O=C(NC1(CO)CCOCC1)c1cnccn1. The quantitative estimate of drug-likeness (QED) is 0.757. The van der Waals surface area contributed by atoms with Crippen molar-refractivity contribution >= 4 is 5.91 Å². The summed E-state index contributed by atoms with van der Waals surface area (Å²) in [4.78, 5) is 19.7. The lowest BCUT2D eigenvalue weighted by molar-refractivity contribution is 0.0124. The van der Waals surface area contributed by atoms with Gasteiger partial charge in [-0.15, -0.1) is 0 Å². The van der Waals surface area contributed by atoms with Crippen molar-refractivity contribution in [2.45, 2.75) is 18.4 Å². The maximum absolute atomic E-state index is 11.9. The Labute approximate surface area is 99.0 Å². The van der Waals surface area contributed by atoms with Gasteiger partial charge in [-0.1, -0.05) is 0 Å². The van der Waals surface area contributed by atoms with E-state index < -0.39 is 5.54 Å². The van der Waals surface area contributed by atoms with Crippen molar-refractivity contribution in [2.75, 3.05) is 19.8 Å². The molecular formula is C11H15N3O3. The first-order valence-electron chi connectivity index (χ1n) is 5.53. The number of ether oxygens (including phenoxy) is 1. The van der Waals surface area contributed by atoms with E-state index in [0.717, 1.165) is 0 Å². The van der Waals surface area contributed by atoms with Gasteiger partial charge in [-0.25, -0.2) is 4.98 Å². The van der Waals surface area contributed by atoms with Crippen LogP contribution in [0.4, 0.5) is 0 Å². The first-order chi connectivity index (χ1) is 8.26. The molecular weight excluding hydrogens is 222 g/mol. The molecule has 0 saturated carbocycles. The van der Waals surface area contributed by atoms with E-state index in [1.54, 1.807) is 0 Å². The monoisotopic (exact) mass is 237 g/mol. The zero-order valence-corrected chi connectivity index (χ0v) is 9.43. The summed E-state index contributed by atoms with van der Waals surface area (Å²) in [5, 5.41) is 12.3. The minimum absolute atomic E-state index is 0.0949. The van der Waals surface area contributed by atoms with Gasteiger partial charge < -0.3 is 15.2 Å². The van der Waals surface area contributed by atoms with Gasteiger partial charge in [0.15, 0.2) is 0 Å². The predicted molar refractivity (Wildman–Crippen MR) is 59.4 cm³/mol. The second-order valence-corrected chi connectivity index (χ2v) is 4.10. The number of nitrogens with one attached hydrogen (secondary N) is 1. The van der Waals surface area contributed by atoms with Crippen molar-refractivity contribution in [3.63, 3.8) is 0 Å². The van der Waals surface area contributed by atoms with E-state index in [0.29, 0.717) is 26.1 Å². The third-order valence-corrected chi connectivity index (χ3v) is 2.93. The first kappa shape index (κ1) is 11.9. The number of carbonyl (C=O) groups is 1. The Morgan fingerprint density at radius 1 is 1.47 bits per heavy atom. The van der Waals surface area contributed by atoms with Crippen LogP contribution in [0, 0.1) is 0 Å². The highest BCUT2D eigenvalue weighted by molar-refractivity contribution is 5.92. The number of rotatable bonds is 3. The molecule has 0 bridgehead atoms. The number of hydrogen-bond donors (Lipinski definition) is 2. The third kappa shape index (κ3) is 2.78. The fourth-order valence-corrected chi connectivity index (χ4v) is 1.81. The second-order valence-electron chi connectivity index (χ2n) is 4.10. The van der Waals surface area contributed by atoms with Gasteiger partial charge in [-0.3, -0.25) is 9.78 Å². The summed E-state index contributed by atoms with van der Waals surface area (Å²) >= 11 is 0. The van der Waals surface area contributed by atoms with Crippen LogP contribution in [0.15, 0.2) is 18.6 Å². The molecule has 0 radical (unpaired) electrons. The number of nitrogens with zero attached hydrogens (tertiary/aromatic N) is 2. The molecule has 2 heterocycles. The molecule has 1 aromatic heterocycles. The summed E-state index contributed by atoms with van der Waals surface area (Å²) in [6.45, 7) is 0.991. The van der Waals surface area contributed by atoms with E-state index in [2.05, 4.69) is 15.3 Å². The van der Waals surface area contributed by atoms with Crippen LogP contribution in [0.1, 0.15) is 23.3 Å². The summed E-state index contributed by atoms with van der Waals surface area (Å²) in [5.41, 5.74) is -0.334. The molecule has 0 aliphatic carbocycles. The molecule has 1 fully saturated rings.